The van der Waals surface area contributed by atoms with Crippen molar-refractivity contribution in [1.82, 2.24) is 15.3 Å². The minimum absolute atomic E-state index is 0.0855. The third-order valence-electron chi connectivity index (χ3n) is 2.27. The first kappa shape index (κ1) is 11.2. The van der Waals surface area contributed by atoms with Gasteiger partial charge in [-0.3, -0.25) is 4.98 Å². The molecule has 2 rings (SSSR count). The molecule has 0 spiro atoms. The van der Waals surface area contributed by atoms with Gasteiger partial charge in [-0.05, 0) is 19.1 Å². The van der Waals surface area contributed by atoms with Gasteiger partial charge in [0.15, 0.2) is 0 Å². The Morgan fingerprint density at radius 1 is 1.44 bits per heavy atom. The molecule has 0 saturated heterocycles. The smallest absolute Gasteiger partial charge is 0.141 e. The highest BCUT2D eigenvalue weighted by Gasteiger charge is 2.06. The van der Waals surface area contributed by atoms with Gasteiger partial charge in [-0.2, -0.15) is 0 Å². The largest absolute Gasteiger partial charge is 0.303 e. The Balaban J connectivity index is 1.93. The molecule has 16 heavy (non-hydrogen) atoms. The number of nitrogens with zero attached hydrogens (tertiary/aromatic N) is 2. The molecule has 2 aromatic heterocycles. The summed E-state index contributed by atoms with van der Waals surface area (Å²) in [7, 11) is 0. The third kappa shape index (κ3) is 2.84. The van der Waals surface area contributed by atoms with E-state index in [1.54, 1.807) is 22.9 Å². The number of hydrogen-bond acceptors (Lipinski definition) is 4. The number of pyridine rings is 1. The minimum Gasteiger partial charge on any atom is -0.303 e. The molecule has 2 heterocycles. The van der Waals surface area contributed by atoms with E-state index in [0.29, 0.717) is 6.54 Å². The molecule has 0 aliphatic rings. The molecular weight excluding hydrogens is 225 g/mol. The number of rotatable bonds is 4. The Bertz CT molecular complexity index is 427. The quantitative estimate of drug-likeness (QED) is 0.888. The lowest BCUT2D eigenvalue weighted by Crippen LogP contribution is -2.19. The fourth-order valence-corrected chi connectivity index (χ4v) is 1.89. The topological polar surface area (TPSA) is 37.8 Å². The van der Waals surface area contributed by atoms with E-state index in [-0.39, 0.29) is 11.9 Å². The zero-order valence-corrected chi connectivity index (χ0v) is 9.67. The molecule has 2 aromatic rings. The van der Waals surface area contributed by atoms with Crippen LogP contribution in [0.25, 0.3) is 0 Å². The molecule has 0 aromatic carbocycles. The van der Waals surface area contributed by atoms with Gasteiger partial charge in [0.2, 0.25) is 0 Å². The Morgan fingerprint density at radius 3 is 2.94 bits per heavy atom. The van der Waals surface area contributed by atoms with Gasteiger partial charge in [-0.25, -0.2) is 9.37 Å². The standard InChI is InChI=1S/C11H12FN3S/c1-8(11-3-2-9(12)4-14-11)13-5-10-6-16-7-15-10/h2-4,6-8,13H,5H2,1H3. The summed E-state index contributed by atoms with van der Waals surface area (Å²) >= 11 is 1.57. The van der Waals surface area contributed by atoms with Crippen LogP contribution in [0.1, 0.15) is 24.4 Å². The van der Waals surface area contributed by atoms with Crippen molar-refractivity contribution in [3.05, 3.63) is 46.4 Å². The fourth-order valence-electron chi connectivity index (χ4n) is 1.33. The molecule has 1 N–H and O–H groups in total. The van der Waals surface area contributed by atoms with Crippen LogP contribution in [0.4, 0.5) is 4.39 Å². The normalized spacial score (nSPS) is 12.6. The van der Waals surface area contributed by atoms with Gasteiger partial charge in [0.25, 0.3) is 0 Å². The van der Waals surface area contributed by atoms with E-state index >= 15 is 0 Å². The lowest BCUT2D eigenvalue weighted by Gasteiger charge is -2.11. The molecule has 1 atom stereocenters. The van der Waals surface area contributed by atoms with Crippen LogP contribution in [-0.4, -0.2) is 9.97 Å². The van der Waals surface area contributed by atoms with Crippen LogP contribution in [0.15, 0.2) is 29.2 Å². The van der Waals surface area contributed by atoms with E-state index in [2.05, 4.69) is 15.3 Å². The SMILES string of the molecule is CC(NCc1cscn1)c1ccc(F)cn1. The zero-order chi connectivity index (χ0) is 11.4. The van der Waals surface area contributed by atoms with Crippen LogP contribution in [0.5, 0.6) is 0 Å². The Labute approximate surface area is 97.4 Å². The molecule has 84 valence electrons. The first-order valence-electron chi connectivity index (χ1n) is 4.97. The van der Waals surface area contributed by atoms with Crippen molar-refractivity contribution in [2.24, 2.45) is 0 Å². The summed E-state index contributed by atoms with van der Waals surface area (Å²) in [5.41, 5.74) is 3.65. The molecular formula is C11H12FN3S. The van der Waals surface area contributed by atoms with E-state index in [9.17, 15) is 4.39 Å². The third-order valence-corrected chi connectivity index (χ3v) is 2.90. The van der Waals surface area contributed by atoms with Gasteiger partial charge in [0.1, 0.15) is 5.82 Å². The number of halogens is 1. The Kier molecular flexibility index (Phi) is 3.58. The number of thiazole rings is 1. The van der Waals surface area contributed by atoms with Crippen molar-refractivity contribution < 1.29 is 4.39 Å². The minimum atomic E-state index is -0.310. The summed E-state index contributed by atoms with van der Waals surface area (Å²) < 4.78 is 12.7. The summed E-state index contributed by atoms with van der Waals surface area (Å²) in [6, 6.07) is 3.19. The highest BCUT2D eigenvalue weighted by molar-refractivity contribution is 7.07. The van der Waals surface area contributed by atoms with E-state index < -0.39 is 0 Å². The average molecular weight is 237 g/mol. The lowest BCUT2D eigenvalue weighted by molar-refractivity contribution is 0.550. The zero-order valence-electron chi connectivity index (χ0n) is 8.85. The molecule has 0 aliphatic carbocycles. The average Bonchev–Trinajstić information content (AvgIpc) is 2.80. The first-order valence-corrected chi connectivity index (χ1v) is 5.92. The van der Waals surface area contributed by atoms with Gasteiger partial charge in [0.05, 0.1) is 23.1 Å². The van der Waals surface area contributed by atoms with Crippen LogP contribution < -0.4 is 5.32 Å². The van der Waals surface area contributed by atoms with Gasteiger partial charge >= 0.3 is 0 Å². The van der Waals surface area contributed by atoms with Crippen LogP contribution in [0, 0.1) is 5.82 Å². The maximum Gasteiger partial charge on any atom is 0.141 e. The van der Waals surface area contributed by atoms with Gasteiger partial charge < -0.3 is 5.32 Å². The molecule has 0 aliphatic heterocycles. The van der Waals surface area contributed by atoms with Crippen molar-refractivity contribution in [3.63, 3.8) is 0 Å². The highest BCUT2D eigenvalue weighted by atomic mass is 32.1. The second kappa shape index (κ2) is 5.14. The number of aromatic nitrogens is 2. The van der Waals surface area contributed by atoms with E-state index in [4.69, 9.17) is 0 Å². The molecule has 0 saturated carbocycles. The summed E-state index contributed by atoms with van der Waals surface area (Å²) in [5.74, 6) is -0.310. The van der Waals surface area contributed by atoms with Crippen LogP contribution in [-0.2, 0) is 6.54 Å². The van der Waals surface area contributed by atoms with Crippen molar-refractivity contribution in [3.8, 4) is 0 Å². The first-order chi connectivity index (χ1) is 7.75. The van der Waals surface area contributed by atoms with Gasteiger partial charge in [-0.1, -0.05) is 0 Å². The van der Waals surface area contributed by atoms with E-state index in [1.807, 2.05) is 12.3 Å². The summed E-state index contributed by atoms with van der Waals surface area (Å²) in [5, 5.41) is 5.28. The maximum atomic E-state index is 12.7. The van der Waals surface area contributed by atoms with Crippen LogP contribution in [0.3, 0.4) is 0 Å². The second-order valence-electron chi connectivity index (χ2n) is 3.48. The van der Waals surface area contributed by atoms with E-state index in [0.717, 1.165) is 11.4 Å². The lowest BCUT2D eigenvalue weighted by atomic mass is 10.2. The number of nitrogens with one attached hydrogen (secondary N) is 1. The Hall–Kier alpha value is -1.33. The predicted octanol–water partition coefficient (Wildman–Crippen LogP) is 2.53. The van der Waals surface area contributed by atoms with Crippen molar-refractivity contribution in [2.45, 2.75) is 19.5 Å². The van der Waals surface area contributed by atoms with Gasteiger partial charge in [0, 0.05) is 18.0 Å². The van der Waals surface area contributed by atoms with Crippen LogP contribution >= 0.6 is 11.3 Å². The molecule has 3 nitrogen and oxygen atoms in total. The predicted molar refractivity (Wildman–Crippen MR) is 61.6 cm³/mol. The molecule has 0 radical (unpaired) electrons. The summed E-state index contributed by atoms with van der Waals surface area (Å²) in [4.78, 5) is 8.19. The molecule has 0 amide bonds. The van der Waals surface area contributed by atoms with Crippen molar-refractivity contribution >= 4 is 11.3 Å². The fraction of sp³-hybridized carbons (Fsp3) is 0.273. The summed E-state index contributed by atoms with van der Waals surface area (Å²) in [6.07, 6.45) is 1.23. The highest BCUT2D eigenvalue weighted by Crippen LogP contribution is 2.10. The molecule has 5 heteroatoms. The van der Waals surface area contributed by atoms with E-state index in [1.165, 1.54) is 12.3 Å². The van der Waals surface area contributed by atoms with Gasteiger partial charge in [-0.15, -0.1) is 11.3 Å². The summed E-state index contributed by atoms with van der Waals surface area (Å²) in [6.45, 7) is 2.69. The number of hydrogen-bond donors (Lipinski definition) is 1. The van der Waals surface area contributed by atoms with Crippen molar-refractivity contribution in [2.75, 3.05) is 0 Å². The van der Waals surface area contributed by atoms with Crippen molar-refractivity contribution in [1.29, 1.82) is 0 Å². The molecule has 0 fully saturated rings. The molecule has 0 bridgehead atoms. The van der Waals surface area contributed by atoms with Crippen LogP contribution in [0.2, 0.25) is 0 Å². The maximum absolute atomic E-state index is 12.7. The second-order valence-corrected chi connectivity index (χ2v) is 4.20. The molecule has 1 unspecified atom stereocenters. The monoisotopic (exact) mass is 237 g/mol. The Morgan fingerprint density at radius 2 is 2.31 bits per heavy atom.